The van der Waals surface area contributed by atoms with Crippen molar-refractivity contribution in [2.24, 2.45) is 0 Å². The van der Waals surface area contributed by atoms with Crippen molar-refractivity contribution < 1.29 is 27.5 Å². The standard InChI is InChI=1S/C12H14F3N3O3/c1-21-6-2-5-16-10(19)11(20)18-8-3-4-9(17-7-8)12(13,14)15/h3-4,7H,2,5-6H2,1H3,(H,16,19)(H,18,20). The Morgan fingerprint density at radius 3 is 2.52 bits per heavy atom. The van der Waals surface area contributed by atoms with Gasteiger partial charge in [0.05, 0.1) is 11.9 Å². The summed E-state index contributed by atoms with van der Waals surface area (Å²) in [6, 6.07) is 1.73. The van der Waals surface area contributed by atoms with Crippen molar-refractivity contribution in [1.29, 1.82) is 0 Å². The fourth-order valence-electron chi connectivity index (χ4n) is 1.32. The van der Waals surface area contributed by atoms with Gasteiger partial charge in [-0.05, 0) is 18.6 Å². The molecule has 21 heavy (non-hydrogen) atoms. The van der Waals surface area contributed by atoms with E-state index in [4.69, 9.17) is 4.74 Å². The molecule has 0 aliphatic rings. The van der Waals surface area contributed by atoms with E-state index in [0.29, 0.717) is 19.1 Å². The van der Waals surface area contributed by atoms with Crippen LogP contribution in [0.5, 0.6) is 0 Å². The summed E-state index contributed by atoms with van der Waals surface area (Å²) in [7, 11) is 1.51. The van der Waals surface area contributed by atoms with E-state index >= 15 is 0 Å². The lowest BCUT2D eigenvalue weighted by molar-refractivity contribution is -0.141. The molecule has 6 nitrogen and oxygen atoms in total. The molecule has 9 heteroatoms. The van der Waals surface area contributed by atoms with Crippen LogP contribution in [0, 0.1) is 0 Å². The van der Waals surface area contributed by atoms with Crippen molar-refractivity contribution in [1.82, 2.24) is 10.3 Å². The van der Waals surface area contributed by atoms with Crippen LogP contribution in [0.2, 0.25) is 0 Å². The molecular weight excluding hydrogens is 291 g/mol. The Labute approximate surface area is 118 Å². The van der Waals surface area contributed by atoms with Crippen molar-refractivity contribution in [3.63, 3.8) is 0 Å². The predicted octanol–water partition coefficient (Wildman–Crippen LogP) is 1.19. The molecule has 2 N–H and O–H groups in total. The summed E-state index contributed by atoms with van der Waals surface area (Å²) in [6.07, 6.45) is -3.18. The highest BCUT2D eigenvalue weighted by Gasteiger charge is 2.32. The fourth-order valence-corrected chi connectivity index (χ4v) is 1.32. The summed E-state index contributed by atoms with van der Waals surface area (Å²) in [6.45, 7) is 0.691. The molecule has 1 rings (SSSR count). The molecule has 0 spiro atoms. The number of carbonyl (C=O) groups is 2. The van der Waals surface area contributed by atoms with E-state index in [1.54, 1.807) is 0 Å². The van der Waals surface area contributed by atoms with Crippen molar-refractivity contribution in [3.8, 4) is 0 Å². The lowest BCUT2D eigenvalue weighted by Gasteiger charge is -2.08. The number of methoxy groups -OCH3 is 1. The Hall–Kier alpha value is -2.16. The Kier molecular flexibility index (Phi) is 6.10. The second-order valence-electron chi connectivity index (χ2n) is 3.99. The van der Waals surface area contributed by atoms with Gasteiger partial charge in [-0.2, -0.15) is 13.2 Å². The van der Waals surface area contributed by atoms with Crippen LogP contribution in [0.15, 0.2) is 18.3 Å². The highest BCUT2D eigenvalue weighted by atomic mass is 19.4. The number of aromatic nitrogens is 1. The van der Waals surface area contributed by atoms with Crippen molar-refractivity contribution in [2.75, 3.05) is 25.6 Å². The van der Waals surface area contributed by atoms with Crippen LogP contribution in [0.4, 0.5) is 18.9 Å². The third kappa shape index (κ3) is 5.78. The summed E-state index contributed by atoms with van der Waals surface area (Å²) >= 11 is 0. The zero-order valence-electron chi connectivity index (χ0n) is 11.2. The molecule has 1 aromatic heterocycles. The van der Waals surface area contributed by atoms with Crippen LogP contribution in [0.3, 0.4) is 0 Å². The lowest BCUT2D eigenvalue weighted by Crippen LogP contribution is -2.36. The molecule has 116 valence electrons. The third-order valence-electron chi connectivity index (χ3n) is 2.33. The molecular formula is C12H14F3N3O3. The van der Waals surface area contributed by atoms with E-state index in [-0.39, 0.29) is 12.2 Å². The minimum absolute atomic E-state index is 0.0000384. The van der Waals surface area contributed by atoms with Gasteiger partial charge in [-0.25, -0.2) is 4.98 Å². The summed E-state index contributed by atoms with van der Waals surface area (Å²) < 4.78 is 41.6. The molecule has 1 heterocycles. The first-order valence-corrected chi connectivity index (χ1v) is 5.96. The van der Waals surface area contributed by atoms with E-state index < -0.39 is 23.7 Å². The number of rotatable bonds is 5. The molecule has 0 saturated heterocycles. The highest BCUT2D eigenvalue weighted by Crippen LogP contribution is 2.27. The first kappa shape index (κ1) is 16.9. The number of hydrogen-bond donors (Lipinski definition) is 2. The Morgan fingerprint density at radius 2 is 2.00 bits per heavy atom. The molecule has 2 amide bonds. The quantitative estimate of drug-likeness (QED) is 0.632. The Bertz CT molecular complexity index is 489. The van der Waals surface area contributed by atoms with Crippen LogP contribution in [0.1, 0.15) is 12.1 Å². The normalized spacial score (nSPS) is 11.0. The number of halogens is 3. The second-order valence-corrected chi connectivity index (χ2v) is 3.99. The molecule has 0 aromatic carbocycles. The highest BCUT2D eigenvalue weighted by molar-refractivity contribution is 6.39. The molecule has 0 atom stereocenters. The molecule has 0 radical (unpaired) electrons. The number of anilines is 1. The molecule has 1 aromatic rings. The first-order chi connectivity index (χ1) is 9.84. The average Bonchev–Trinajstić information content (AvgIpc) is 2.43. The number of nitrogens with one attached hydrogen (secondary N) is 2. The minimum Gasteiger partial charge on any atom is -0.385 e. The van der Waals surface area contributed by atoms with Crippen molar-refractivity contribution >= 4 is 17.5 Å². The number of ether oxygens (including phenoxy) is 1. The topological polar surface area (TPSA) is 80.3 Å². The fraction of sp³-hybridized carbons (Fsp3) is 0.417. The van der Waals surface area contributed by atoms with Crippen LogP contribution < -0.4 is 10.6 Å². The van der Waals surface area contributed by atoms with E-state index in [0.717, 1.165) is 12.3 Å². The number of alkyl halides is 3. The van der Waals surface area contributed by atoms with Gasteiger partial charge in [0.25, 0.3) is 0 Å². The van der Waals surface area contributed by atoms with Gasteiger partial charge in [0.15, 0.2) is 0 Å². The van der Waals surface area contributed by atoms with Crippen molar-refractivity contribution in [3.05, 3.63) is 24.0 Å². The number of pyridine rings is 1. The average molecular weight is 305 g/mol. The van der Waals surface area contributed by atoms with Crippen LogP contribution in [-0.2, 0) is 20.5 Å². The number of nitrogens with zero attached hydrogens (tertiary/aromatic N) is 1. The zero-order valence-corrected chi connectivity index (χ0v) is 11.2. The monoisotopic (exact) mass is 305 g/mol. The SMILES string of the molecule is COCCCNC(=O)C(=O)Nc1ccc(C(F)(F)F)nc1. The van der Waals surface area contributed by atoms with E-state index in [9.17, 15) is 22.8 Å². The largest absolute Gasteiger partial charge is 0.433 e. The lowest BCUT2D eigenvalue weighted by atomic mass is 10.3. The summed E-state index contributed by atoms with van der Waals surface area (Å²) in [5.74, 6) is -1.86. The van der Waals surface area contributed by atoms with Gasteiger partial charge in [0.1, 0.15) is 5.69 Å². The maximum Gasteiger partial charge on any atom is 0.433 e. The van der Waals surface area contributed by atoms with Gasteiger partial charge >= 0.3 is 18.0 Å². The van der Waals surface area contributed by atoms with Crippen LogP contribution in [-0.4, -0.2) is 37.1 Å². The molecule has 0 aliphatic carbocycles. The van der Waals surface area contributed by atoms with Crippen molar-refractivity contribution in [2.45, 2.75) is 12.6 Å². The van der Waals surface area contributed by atoms with Crippen LogP contribution in [0.25, 0.3) is 0 Å². The van der Waals surface area contributed by atoms with E-state index in [1.165, 1.54) is 7.11 Å². The predicted molar refractivity (Wildman–Crippen MR) is 67.4 cm³/mol. The number of amides is 2. The van der Waals surface area contributed by atoms with E-state index in [2.05, 4.69) is 15.6 Å². The minimum atomic E-state index is -4.55. The Morgan fingerprint density at radius 1 is 1.29 bits per heavy atom. The summed E-state index contributed by atoms with van der Waals surface area (Å²) in [5, 5.41) is 4.49. The molecule has 0 fully saturated rings. The molecule has 0 unspecified atom stereocenters. The maximum atomic E-state index is 12.3. The summed E-state index contributed by atoms with van der Waals surface area (Å²) in [4.78, 5) is 26.0. The second kappa shape index (κ2) is 7.58. The van der Waals surface area contributed by atoms with Gasteiger partial charge in [-0.1, -0.05) is 0 Å². The number of hydrogen-bond acceptors (Lipinski definition) is 4. The van der Waals surface area contributed by atoms with E-state index in [1.807, 2.05) is 0 Å². The Balaban J connectivity index is 2.49. The number of carbonyl (C=O) groups excluding carboxylic acids is 2. The van der Waals surface area contributed by atoms with Gasteiger partial charge in [-0.3, -0.25) is 9.59 Å². The first-order valence-electron chi connectivity index (χ1n) is 5.96. The van der Waals surface area contributed by atoms with Gasteiger partial charge in [-0.15, -0.1) is 0 Å². The molecule has 0 bridgehead atoms. The van der Waals surface area contributed by atoms with Crippen LogP contribution >= 0.6 is 0 Å². The zero-order chi connectivity index (χ0) is 15.9. The third-order valence-corrected chi connectivity index (χ3v) is 2.33. The van der Waals surface area contributed by atoms with Gasteiger partial charge in [0, 0.05) is 20.3 Å². The molecule has 0 saturated carbocycles. The van der Waals surface area contributed by atoms with Gasteiger partial charge < -0.3 is 15.4 Å². The maximum absolute atomic E-state index is 12.3. The van der Waals surface area contributed by atoms with Gasteiger partial charge in [0.2, 0.25) is 0 Å². The molecule has 0 aliphatic heterocycles. The summed E-state index contributed by atoms with van der Waals surface area (Å²) in [5.41, 5.74) is -1.08. The smallest absolute Gasteiger partial charge is 0.385 e.